The molecule has 5 atom stereocenters. The van der Waals surface area contributed by atoms with Crippen molar-refractivity contribution in [3.8, 4) is 0 Å². The topological polar surface area (TPSA) is 237 Å². The molecule has 0 bridgehead atoms. The lowest BCUT2D eigenvalue weighted by atomic mass is 10.1. The van der Waals surface area contributed by atoms with Crippen LogP contribution < -0.4 is 0 Å². The highest BCUT2D eigenvalue weighted by Gasteiger charge is 2.30. The number of carbonyl (C=O) groups excluding carboxylic acids is 4. The minimum atomic E-state index is -5.02. The molecule has 0 aliphatic rings. The molecule has 0 rings (SSSR count). The second-order valence-corrected chi connectivity index (χ2v) is 27.7. The number of unbranched alkanes of at least 4 members (excludes halogenated alkanes) is 13. The van der Waals surface area contributed by atoms with Gasteiger partial charge in [-0.25, -0.2) is 9.13 Å². The molecule has 0 heterocycles. The van der Waals surface area contributed by atoms with Gasteiger partial charge in [0.2, 0.25) is 0 Å². The van der Waals surface area contributed by atoms with E-state index >= 15 is 0 Å². The number of rotatable bonds is 70. The summed E-state index contributed by atoms with van der Waals surface area (Å²) in [4.78, 5) is 72.8. The maximum atomic E-state index is 13.1. The minimum Gasteiger partial charge on any atom is -0.462 e. The predicted octanol–water partition coefficient (Wildman–Crippen LogP) is 22.5. The smallest absolute Gasteiger partial charge is 0.462 e. The molecule has 104 heavy (non-hydrogen) atoms. The lowest BCUT2D eigenvalue weighted by molar-refractivity contribution is -0.161. The van der Waals surface area contributed by atoms with Crippen molar-refractivity contribution in [2.24, 2.45) is 0 Å². The lowest BCUT2D eigenvalue weighted by Gasteiger charge is -2.21. The summed E-state index contributed by atoms with van der Waals surface area (Å²) in [6.45, 7) is 4.22. The highest BCUT2D eigenvalue weighted by atomic mass is 31.2. The third-order valence-corrected chi connectivity index (χ3v) is 17.0. The Kier molecular flexibility index (Phi) is 70.7. The van der Waals surface area contributed by atoms with Crippen molar-refractivity contribution >= 4 is 39.5 Å². The number of phosphoric acid groups is 2. The summed E-state index contributed by atoms with van der Waals surface area (Å²) >= 11 is 0. The van der Waals surface area contributed by atoms with Gasteiger partial charge in [-0.3, -0.25) is 37.3 Å². The fourth-order valence-electron chi connectivity index (χ4n) is 9.29. The van der Waals surface area contributed by atoms with Crippen LogP contribution in [0.2, 0.25) is 0 Å². The van der Waals surface area contributed by atoms with Gasteiger partial charge in [0.25, 0.3) is 0 Å². The molecule has 0 saturated carbocycles. The van der Waals surface area contributed by atoms with E-state index in [4.69, 9.17) is 37.0 Å². The molecule has 0 spiro atoms. The Morgan fingerprint density at radius 2 is 0.558 bits per heavy atom. The van der Waals surface area contributed by atoms with E-state index in [0.29, 0.717) is 32.1 Å². The second-order valence-electron chi connectivity index (χ2n) is 24.8. The third kappa shape index (κ3) is 74.2. The molecule has 3 N–H and O–H groups in total. The van der Waals surface area contributed by atoms with Gasteiger partial charge in [0.15, 0.2) is 12.2 Å². The summed E-state index contributed by atoms with van der Waals surface area (Å²) in [6.07, 6.45) is 91.9. The van der Waals surface area contributed by atoms with Crippen molar-refractivity contribution in [2.45, 2.75) is 277 Å². The quantitative estimate of drug-likeness (QED) is 0.0169. The number of hydrogen-bond donors (Lipinski definition) is 3. The van der Waals surface area contributed by atoms with Gasteiger partial charge >= 0.3 is 39.5 Å². The van der Waals surface area contributed by atoms with Gasteiger partial charge in [-0.2, -0.15) is 0 Å². The Hall–Kier alpha value is -6.10. The summed E-state index contributed by atoms with van der Waals surface area (Å²) < 4.78 is 68.2. The molecule has 0 aliphatic heterocycles. The summed E-state index contributed by atoms with van der Waals surface area (Å²) in [6, 6.07) is 0. The highest BCUT2D eigenvalue weighted by molar-refractivity contribution is 7.47. The number of ether oxygens (including phenoxy) is 4. The van der Waals surface area contributed by atoms with Gasteiger partial charge in [0, 0.05) is 19.3 Å². The van der Waals surface area contributed by atoms with Crippen LogP contribution in [0.4, 0.5) is 0 Å². The van der Waals surface area contributed by atoms with Crippen LogP contribution in [0, 0.1) is 0 Å². The number of hydrogen-bond acceptors (Lipinski definition) is 15. The number of aliphatic hydroxyl groups excluding tert-OH is 1. The first kappa shape index (κ1) is 97.9. The third-order valence-electron chi connectivity index (χ3n) is 15.1. The lowest BCUT2D eigenvalue weighted by Crippen LogP contribution is -2.30. The normalized spacial score (nSPS) is 15.0. The van der Waals surface area contributed by atoms with Crippen molar-refractivity contribution in [1.82, 2.24) is 0 Å². The Morgan fingerprint density at radius 1 is 0.288 bits per heavy atom. The Labute approximate surface area is 627 Å². The van der Waals surface area contributed by atoms with Crippen molar-refractivity contribution < 1.29 is 80.2 Å². The number of carbonyl (C=O) groups is 4. The Morgan fingerprint density at radius 3 is 0.923 bits per heavy atom. The van der Waals surface area contributed by atoms with Crippen molar-refractivity contribution in [1.29, 1.82) is 0 Å². The van der Waals surface area contributed by atoms with Crippen LogP contribution in [0.3, 0.4) is 0 Å². The molecule has 0 amide bonds. The van der Waals surface area contributed by atoms with Gasteiger partial charge in [-0.1, -0.05) is 280 Å². The molecule has 0 aromatic carbocycles. The summed E-state index contributed by atoms with van der Waals surface area (Å²) in [7, 11) is -10.0. The molecular weight excluding hydrogens is 1350 g/mol. The Balaban J connectivity index is 5.48. The minimum absolute atomic E-state index is 0.0254. The summed E-state index contributed by atoms with van der Waals surface area (Å²) in [5.74, 6) is -2.47. The number of phosphoric ester groups is 2. The van der Waals surface area contributed by atoms with Gasteiger partial charge in [-0.15, -0.1) is 0 Å². The van der Waals surface area contributed by atoms with Crippen LogP contribution in [0.1, 0.15) is 259 Å². The number of esters is 4. The zero-order valence-electron chi connectivity index (χ0n) is 63.9. The van der Waals surface area contributed by atoms with Crippen molar-refractivity contribution in [2.75, 3.05) is 39.6 Å². The predicted molar refractivity (Wildman–Crippen MR) is 426 cm³/mol. The molecule has 17 nitrogen and oxygen atoms in total. The van der Waals surface area contributed by atoms with Gasteiger partial charge < -0.3 is 33.8 Å². The average molecular weight is 1490 g/mol. The molecule has 5 unspecified atom stereocenters. The van der Waals surface area contributed by atoms with E-state index in [0.717, 1.165) is 167 Å². The van der Waals surface area contributed by atoms with Crippen LogP contribution in [0.15, 0.2) is 194 Å². The van der Waals surface area contributed by atoms with Crippen LogP contribution in [-0.2, 0) is 65.4 Å². The van der Waals surface area contributed by atoms with E-state index in [1.807, 2.05) is 30.4 Å². The van der Waals surface area contributed by atoms with Crippen LogP contribution >= 0.6 is 15.6 Å². The first-order valence-corrected chi connectivity index (χ1v) is 41.7. The zero-order chi connectivity index (χ0) is 76.0. The average Bonchev–Trinajstić information content (AvgIpc) is 0.931. The largest absolute Gasteiger partial charge is 0.472 e. The molecule has 19 heteroatoms. The van der Waals surface area contributed by atoms with E-state index in [-0.39, 0.29) is 25.7 Å². The molecule has 586 valence electrons. The molecule has 0 aromatic heterocycles. The molecule has 0 radical (unpaired) electrons. The first-order valence-electron chi connectivity index (χ1n) is 38.7. The fourth-order valence-corrected chi connectivity index (χ4v) is 10.9. The molecule has 0 aliphatic carbocycles. The number of aliphatic hydroxyl groups is 1. The van der Waals surface area contributed by atoms with E-state index in [2.05, 4.69) is 180 Å². The van der Waals surface area contributed by atoms with E-state index in [1.54, 1.807) is 12.2 Å². The summed E-state index contributed by atoms with van der Waals surface area (Å²) in [5.41, 5.74) is 0. The standard InChI is InChI=1S/C85H134O17P2/c1-5-9-13-17-21-25-29-32-35-37-39-41-44-46-50-53-57-61-65-69-82(87)95-75-80(101-84(89)71-67-63-59-55-49-28-24-20-16-12-8-4)77-99-103(91,92)97-73-79(86)74-98-104(93,94)100-78-81(102-85(90)72-68-64-60-56-52-48-43-34-31-27-23-19-15-11-7-3)76-96-83(88)70-66-62-58-54-51-47-45-42-40-38-36-33-30-26-22-18-14-10-6-2/h9-11,13-15,20-27,32-36,39-43,46,50,52,56-57,61,64,68,79-81,86H,5-8,12,16-19,28-31,37-38,44-45,47-49,51,53-55,58-60,62-63,65-67,69-78H2,1-4H3,(H,91,92)(H,93,94)/b13-9-,14-10-,15-11-,24-20-,25-21-,26-22-,27-23-,35-32-,36-33-,41-39-,42-40-,43-34-,50-46-,56-52-,61-57-,68-64-. The monoisotopic (exact) mass is 1490 g/mol. The van der Waals surface area contributed by atoms with Crippen LogP contribution in [0.5, 0.6) is 0 Å². The second kappa shape index (κ2) is 75.1. The van der Waals surface area contributed by atoms with E-state index in [1.165, 1.54) is 6.42 Å². The zero-order valence-corrected chi connectivity index (χ0v) is 65.6. The summed E-state index contributed by atoms with van der Waals surface area (Å²) in [5, 5.41) is 10.6. The maximum absolute atomic E-state index is 13.1. The van der Waals surface area contributed by atoms with Gasteiger partial charge in [0.05, 0.1) is 32.8 Å². The van der Waals surface area contributed by atoms with Crippen molar-refractivity contribution in [3.63, 3.8) is 0 Å². The molecule has 0 fully saturated rings. The highest BCUT2D eigenvalue weighted by Crippen LogP contribution is 2.45. The Bertz CT molecular complexity index is 2740. The molecule has 0 aromatic rings. The molecule has 0 saturated heterocycles. The fraction of sp³-hybridized carbons (Fsp3) is 0.576. The first-order chi connectivity index (χ1) is 50.7. The van der Waals surface area contributed by atoms with Gasteiger partial charge in [-0.05, 0) is 148 Å². The van der Waals surface area contributed by atoms with Crippen LogP contribution in [-0.4, -0.2) is 96.7 Å². The van der Waals surface area contributed by atoms with Crippen LogP contribution in [0.25, 0.3) is 0 Å². The van der Waals surface area contributed by atoms with E-state index in [9.17, 15) is 43.2 Å². The SMILES string of the molecule is CC/C=C\C/C=C\C/C=C\C/C=C\C/C=C\C/C=C\CCC(=O)OCC(COP(=O)(O)OCC(O)COP(=O)(O)OCC(COC(=O)CCCCCCCC/C=C\C/C=C\C/C=C\C/C=C\CC)OC(=O)C/C=C\C/C=C\C/C=C\C/C=C\C/C=C\CC)OC(=O)CCCCCCC/C=C\CCCC. The van der Waals surface area contributed by atoms with Crippen molar-refractivity contribution in [3.05, 3.63) is 194 Å². The van der Waals surface area contributed by atoms with E-state index < -0.39 is 97.5 Å². The number of allylic oxidation sites excluding steroid dienone is 31. The molecular formula is C85H134O17P2. The maximum Gasteiger partial charge on any atom is 0.472 e. The van der Waals surface area contributed by atoms with Gasteiger partial charge in [0.1, 0.15) is 19.3 Å².